The largest absolute Gasteiger partial charge is 0.251 e. The number of rotatable bonds is 5. The molecule has 1 N–H and O–H groups in total. The van der Waals surface area contributed by atoms with Gasteiger partial charge in [0.25, 0.3) is 0 Å². The van der Waals surface area contributed by atoms with Crippen molar-refractivity contribution in [1.82, 2.24) is 14.8 Å². The summed E-state index contributed by atoms with van der Waals surface area (Å²) in [5.41, 5.74) is 0. The minimum atomic E-state index is -3.40. The van der Waals surface area contributed by atoms with Gasteiger partial charge in [-0.05, 0) is 5.92 Å². The van der Waals surface area contributed by atoms with E-state index >= 15 is 0 Å². The number of hydrogen-bond acceptors (Lipinski definition) is 4. The Balaban J connectivity index is 2.69. The molecule has 1 aromatic rings. The highest BCUT2D eigenvalue weighted by Crippen LogP contribution is 2.07. The van der Waals surface area contributed by atoms with Gasteiger partial charge >= 0.3 is 0 Å². The molecule has 1 rings (SSSR count). The first-order valence-electron chi connectivity index (χ1n) is 4.35. The van der Waals surface area contributed by atoms with Crippen LogP contribution in [0.15, 0.2) is 6.33 Å². The van der Waals surface area contributed by atoms with Crippen LogP contribution in [0.2, 0.25) is 0 Å². The zero-order valence-electron chi connectivity index (χ0n) is 8.51. The first kappa shape index (κ1) is 12.3. The molecule has 1 heterocycles. The molecular formula is C7H13ClN4O2S. The van der Waals surface area contributed by atoms with Gasteiger partial charge in [0.15, 0.2) is 0 Å². The second-order valence-electron chi connectivity index (χ2n) is 3.35. The van der Waals surface area contributed by atoms with Crippen LogP contribution in [0.4, 0.5) is 5.95 Å². The van der Waals surface area contributed by atoms with E-state index in [4.69, 9.17) is 11.6 Å². The Morgan fingerprint density at radius 1 is 1.67 bits per heavy atom. The molecule has 0 radical (unpaired) electrons. The Bertz CT molecular complexity index is 416. The van der Waals surface area contributed by atoms with Gasteiger partial charge in [0.1, 0.15) is 6.33 Å². The van der Waals surface area contributed by atoms with Crippen LogP contribution in [-0.2, 0) is 17.1 Å². The molecule has 0 amide bonds. The number of hydrogen-bond donors (Lipinski definition) is 1. The number of aromatic nitrogens is 3. The predicted molar refractivity (Wildman–Crippen MR) is 58.3 cm³/mol. The van der Waals surface area contributed by atoms with E-state index in [0.29, 0.717) is 5.88 Å². The number of sulfonamides is 1. The highest BCUT2D eigenvalue weighted by molar-refractivity contribution is 7.92. The maximum absolute atomic E-state index is 11.6. The molecule has 0 aliphatic carbocycles. The zero-order chi connectivity index (χ0) is 11.5. The highest BCUT2D eigenvalue weighted by atomic mass is 35.5. The van der Waals surface area contributed by atoms with Gasteiger partial charge in [-0.25, -0.2) is 13.1 Å². The Kier molecular flexibility index (Phi) is 3.92. The lowest BCUT2D eigenvalue weighted by molar-refractivity contribution is 0.587. The van der Waals surface area contributed by atoms with Crippen LogP contribution in [0.25, 0.3) is 0 Å². The van der Waals surface area contributed by atoms with Gasteiger partial charge in [0, 0.05) is 12.9 Å². The van der Waals surface area contributed by atoms with Crippen molar-refractivity contribution in [3.63, 3.8) is 0 Å². The summed E-state index contributed by atoms with van der Waals surface area (Å²) >= 11 is 5.55. The van der Waals surface area contributed by atoms with Gasteiger partial charge in [-0.1, -0.05) is 6.92 Å². The van der Waals surface area contributed by atoms with Crippen LogP contribution in [0.3, 0.4) is 0 Å². The van der Waals surface area contributed by atoms with Crippen molar-refractivity contribution in [3.8, 4) is 0 Å². The SMILES string of the molecule is CC(CCl)CS(=O)(=O)Nc1ncnn1C. The Morgan fingerprint density at radius 3 is 2.80 bits per heavy atom. The van der Waals surface area contributed by atoms with Crippen LogP contribution in [0.1, 0.15) is 6.92 Å². The first-order chi connectivity index (χ1) is 6.94. The highest BCUT2D eigenvalue weighted by Gasteiger charge is 2.17. The van der Waals surface area contributed by atoms with E-state index in [2.05, 4.69) is 14.8 Å². The third-order valence-electron chi connectivity index (χ3n) is 1.73. The van der Waals surface area contributed by atoms with Crippen molar-refractivity contribution in [2.75, 3.05) is 16.4 Å². The predicted octanol–water partition coefficient (Wildman–Crippen LogP) is 0.432. The fraction of sp³-hybridized carbons (Fsp3) is 0.714. The fourth-order valence-corrected chi connectivity index (χ4v) is 2.64. The van der Waals surface area contributed by atoms with Crippen LogP contribution in [-0.4, -0.2) is 34.8 Å². The van der Waals surface area contributed by atoms with Gasteiger partial charge in [-0.15, -0.1) is 11.6 Å². The smallest absolute Gasteiger partial charge is 0.235 e. The van der Waals surface area contributed by atoms with E-state index in [1.807, 2.05) is 0 Å². The van der Waals surface area contributed by atoms with Crippen LogP contribution in [0.5, 0.6) is 0 Å². The minimum Gasteiger partial charge on any atom is -0.251 e. The minimum absolute atomic E-state index is 0.0244. The Morgan fingerprint density at radius 2 is 2.33 bits per heavy atom. The number of alkyl halides is 1. The molecule has 6 nitrogen and oxygen atoms in total. The van der Waals surface area contributed by atoms with Crippen LogP contribution < -0.4 is 4.72 Å². The van der Waals surface area contributed by atoms with Crippen molar-refractivity contribution in [3.05, 3.63) is 6.33 Å². The average molecular weight is 253 g/mol. The maximum Gasteiger partial charge on any atom is 0.235 e. The van der Waals surface area contributed by atoms with Gasteiger partial charge in [-0.2, -0.15) is 10.1 Å². The lowest BCUT2D eigenvalue weighted by atomic mass is 10.3. The Labute approximate surface area is 93.7 Å². The van der Waals surface area contributed by atoms with Crippen molar-refractivity contribution >= 4 is 27.6 Å². The van der Waals surface area contributed by atoms with E-state index in [-0.39, 0.29) is 17.6 Å². The lowest BCUT2D eigenvalue weighted by Crippen LogP contribution is -2.23. The number of nitrogens with one attached hydrogen (secondary N) is 1. The Hall–Kier alpha value is -0.820. The molecule has 0 spiro atoms. The van der Waals surface area contributed by atoms with Crippen molar-refractivity contribution in [2.24, 2.45) is 13.0 Å². The zero-order valence-corrected chi connectivity index (χ0v) is 10.1. The van der Waals surface area contributed by atoms with Crippen molar-refractivity contribution in [2.45, 2.75) is 6.92 Å². The van der Waals surface area contributed by atoms with E-state index in [0.717, 1.165) is 0 Å². The molecule has 0 fully saturated rings. The van der Waals surface area contributed by atoms with Gasteiger partial charge in [-0.3, -0.25) is 4.72 Å². The normalized spacial score (nSPS) is 13.8. The van der Waals surface area contributed by atoms with Gasteiger partial charge in [0.2, 0.25) is 16.0 Å². The van der Waals surface area contributed by atoms with E-state index in [9.17, 15) is 8.42 Å². The van der Waals surface area contributed by atoms with Gasteiger partial charge in [0.05, 0.1) is 5.75 Å². The number of nitrogens with zero attached hydrogens (tertiary/aromatic N) is 3. The van der Waals surface area contributed by atoms with Crippen molar-refractivity contribution < 1.29 is 8.42 Å². The molecule has 0 saturated carbocycles. The summed E-state index contributed by atoms with van der Waals surface area (Å²) in [7, 11) is -1.79. The maximum atomic E-state index is 11.6. The quantitative estimate of drug-likeness (QED) is 0.771. The second-order valence-corrected chi connectivity index (χ2v) is 5.43. The molecule has 1 atom stereocenters. The number of halogens is 1. The molecule has 8 heteroatoms. The molecule has 0 aromatic carbocycles. The molecule has 15 heavy (non-hydrogen) atoms. The molecule has 1 unspecified atom stereocenters. The summed E-state index contributed by atoms with van der Waals surface area (Å²) in [6.45, 7) is 1.77. The van der Waals surface area contributed by atoms with Gasteiger partial charge < -0.3 is 0 Å². The summed E-state index contributed by atoms with van der Waals surface area (Å²) in [4.78, 5) is 3.76. The molecule has 1 aromatic heterocycles. The third kappa shape index (κ3) is 3.67. The van der Waals surface area contributed by atoms with E-state index in [1.165, 1.54) is 11.0 Å². The molecule has 0 aliphatic rings. The molecule has 0 saturated heterocycles. The second kappa shape index (κ2) is 4.80. The first-order valence-corrected chi connectivity index (χ1v) is 6.53. The average Bonchev–Trinajstić information content (AvgIpc) is 2.50. The molecule has 86 valence electrons. The summed E-state index contributed by atoms with van der Waals surface area (Å²) in [5.74, 6) is 0.387. The molecule has 0 bridgehead atoms. The third-order valence-corrected chi connectivity index (χ3v) is 3.75. The summed E-state index contributed by atoms with van der Waals surface area (Å²) in [6, 6.07) is 0. The number of aryl methyl sites for hydroxylation is 1. The number of anilines is 1. The standard InChI is InChI=1S/C7H13ClN4O2S/c1-6(3-8)4-15(13,14)11-7-9-5-10-12(7)2/h5-6H,3-4H2,1-2H3,(H,9,10,11). The lowest BCUT2D eigenvalue weighted by Gasteiger charge is -2.09. The van der Waals surface area contributed by atoms with Crippen molar-refractivity contribution in [1.29, 1.82) is 0 Å². The fourth-order valence-electron chi connectivity index (χ4n) is 0.988. The van der Waals surface area contributed by atoms with Crippen LogP contribution >= 0.6 is 11.6 Å². The van der Waals surface area contributed by atoms with E-state index in [1.54, 1.807) is 14.0 Å². The molecular weight excluding hydrogens is 240 g/mol. The summed E-state index contributed by atoms with van der Waals surface area (Å²) < 4.78 is 26.8. The van der Waals surface area contributed by atoms with Crippen LogP contribution in [0, 0.1) is 5.92 Å². The molecule has 0 aliphatic heterocycles. The summed E-state index contributed by atoms with van der Waals surface area (Å²) in [6.07, 6.45) is 1.28. The topological polar surface area (TPSA) is 76.9 Å². The monoisotopic (exact) mass is 252 g/mol. The summed E-state index contributed by atoms with van der Waals surface area (Å²) in [5, 5.41) is 3.75. The van der Waals surface area contributed by atoms with E-state index < -0.39 is 10.0 Å².